The normalized spacial score (nSPS) is 18.2. The molecule has 3 rings (SSSR count). The summed E-state index contributed by atoms with van der Waals surface area (Å²) in [6.07, 6.45) is 1.36. The van der Waals surface area contributed by atoms with E-state index in [1.165, 1.54) is 4.31 Å². The van der Waals surface area contributed by atoms with Gasteiger partial charge in [0, 0.05) is 24.7 Å². The topological polar surface area (TPSA) is 66.5 Å². The standard InChI is InChI=1S/C20H23ClN2O3S/c21-19-11-5-4-9-18(19)15-27(25,26)23-12-6-10-17(14-23)20(24)22-13-16-7-2-1-3-8-16/h1-5,7-9,11,17H,6,10,12-15H2,(H,22,24)/t17-/m0/s1. The largest absolute Gasteiger partial charge is 0.352 e. The van der Waals surface area contributed by atoms with Crippen LogP contribution in [0.4, 0.5) is 0 Å². The molecule has 144 valence electrons. The molecule has 1 saturated heterocycles. The molecule has 0 aliphatic carbocycles. The summed E-state index contributed by atoms with van der Waals surface area (Å²) in [4.78, 5) is 12.5. The van der Waals surface area contributed by atoms with Gasteiger partial charge in [-0.1, -0.05) is 60.1 Å². The number of nitrogens with zero attached hydrogens (tertiary/aromatic N) is 1. The van der Waals surface area contributed by atoms with Crippen LogP contribution in [0.3, 0.4) is 0 Å². The molecule has 0 bridgehead atoms. The van der Waals surface area contributed by atoms with Crippen LogP contribution in [-0.2, 0) is 27.1 Å². The van der Waals surface area contributed by atoms with E-state index < -0.39 is 10.0 Å². The first kappa shape index (κ1) is 19.9. The van der Waals surface area contributed by atoms with Gasteiger partial charge in [0.05, 0.1) is 11.7 Å². The maximum atomic E-state index is 12.8. The number of hydrogen-bond acceptors (Lipinski definition) is 3. The Morgan fingerprint density at radius 1 is 1.11 bits per heavy atom. The second-order valence-electron chi connectivity index (χ2n) is 6.75. The molecule has 0 aromatic heterocycles. The highest BCUT2D eigenvalue weighted by molar-refractivity contribution is 7.88. The summed E-state index contributed by atoms with van der Waals surface area (Å²) in [5.41, 5.74) is 1.60. The molecule has 1 aliphatic heterocycles. The van der Waals surface area contributed by atoms with Gasteiger partial charge in [0.25, 0.3) is 0 Å². The predicted molar refractivity (Wildman–Crippen MR) is 107 cm³/mol. The van der Waals surface area contributed by atoms with E-state index >= 15 is 0 Å². The zero-order valence-corrected chi connectivity index (χ0v) is 16.5. The molecule has 1 aliphatic rings. The van der Waals surface area contributed by atoms with Gasteiger partial charge in [-0.2, -0.15) is 0 Å². The third-order valence-electron chi connectivity index (χ3n) is 4.75. The Kier molecular flexibility index (Phi) is 6.52. The van der Waals surface area contributed by atoms with Gasteiger partial charge in [0.1, 0.15) is 0 Å². The maximum absolute atomic E-state index is 12.8. The molecule has 5 nitrogen and oxygen atoms in total. The van der Waals surface area contributed by atoms with Crippen molar-refractivity contribution < 1.29 is 13.2 Å². The van der Waals surface area contributed by atoms with Crippen molar-refractivity contribution in [2.75, 3.05) is 13.1 Å². The van der Waals surface area contributed by atoms with E-state index in [4.69, 9.17) is 11.6 Å². The maximum Gasteiger partial charge on any atom is 0.224 e. The molecular weight excluding hydrogens is 384 g/mol. The fourth-order valence-electron chi connectivity index (χ4n) is 3.24. The summed E-state index contributed by atoms with van der Waals surface area (Å²) in [5.74, 6) is -0.578. The number of benzene rings is 2. The lowest BCUT2D eigenvalue weighted by atomic mass is 9.99. The van der Waals surface area contributed by atoms with E-state index in [0.29, 0.717) is 36.5 Å². The molecule has 2 aromatic rings. The average molecular weight is 407 g/mol. The van der Waals surface area contributed by atoms with Crippen molar-refractivity contribution in [2.24, 2.45) is 5.92 Å². The van der Waals surface area contributed by atoms with Gasteiger partial charge in [-0.25, -0.2) is 12.7 Å². The highest BCUT2D eigenvalue weighted by atomic mass is 35.5. The molecule has 1 fully saturated rings. The van der Waals surface area contributed by atoms with Crippen molar-refractivity contribution in [1.29, 1.82) is 0 Å². The number of nitrogens with one attached hydrogen (secondary N) is 1. The molecule has 0 unspecified atom stereocenters. The van der Waals surface area contributed by atoms with Crippen LogP contribution in [0.25, 0.3) is 0 Å². The summed E-state index contributed by atoms with van der Waals surface area (Å²) < 4.78 is 27.0. The summed E-state index contributed by atoms with van der Waals surface area (Å²) in [6, 6.07) is 16.6. The van der Waals surface area contributed by atoms with Crippen molar-refractivity contribution >= 4 is 27.5 Å². The zero-order chi connectivity index (χ0) is 19.3. The third-order valence-corrected chi connectivity index (χ3v) is 6.92. The van der Waals surface area contributed by atoms with Gasteiger partial charge in [0.2, 0.25) is 15.9 Å². The highest BCUT2D eigenvalue weighted by Crippen LogP contribution is 2.24. The Labute approximate surface area is 165 Å². The number of carbonyl (C=O) groups is 1. The van der Waals surface area contributed by atoms with E-state index in [1.54, 1.807) is 24.3 Å². The van der Waals surface area contributed by atoms with Gasteiger partial charge in [-0.15, -0.1) is 0 Å². The average Bonchev–Trinajstić information content (AvgIpc) is 2.69. The Morgan fingerprint density at radius 3 is 2.56 bits per heavy atom. The van der Waals surface area contributed by atoms with E-state index in [9.17, 15) is 13.2 Å². The number of hydrogen-bond donors (Lipinski definition) is 1. The molecule has 1 heterocycles. The quantitative estimate of drug-likeness (QED) is 0.801. The van der Waals surface area contributed by atoms with Crippen molar-refractivity contribution in [3.05, 3.63) is 70.7 Å². The van der Waals surface area contributed by atoms with Crippen molar-refractivity contribution in [3.63, 3.8) is 0 Å². The Bertz CT molecular complexity index is 887. The van der Waals surface area contributed by atoms with Crippen LogP contribution in [0.1, 0.15) is 24.0 Å². The lowest BCUT2D eigenvalue weighted by molar-refractivity contribution is -0.126. The minimum atomic E-state index is -3.52. The predicted octanol–water partition coefficient (Wildman–Crippen LogP) is 3.20. The monoisotopic (exact) mass is 406 g/mol. The molecule has 1 amide bonds. The molecule has 0 saturated carbocycles. The second-order valence-corrected chi connectivity index (χ2v) is 9.12. The van der Waals surface area contributed by atoms with Gasteiger partial charge >= 0.3 is 0 Å². The molecule has 1 atom stereocenters. The molecule has 27 heavy (non-hydrogen) atoms. The fraction of sp³-hybridized carbons (Fsp3) is 0.350. The molecule has 0 radical (unpaired) electrons. The minimum Gasteiger partial charge on any atom is -0.352 e. The van der Waals surface area contributed by atoms with E-state index in [1.807, 2.05) is 30.3 Å². The highest BCUT2D eigenvalue weighted by Gasteiger charge is 2.32. The number of halogens is 1. The van der Waals surface area contributed by atoms with Crippen LogP contribution < -0.4 is 5.32 Å². The second kappa shape index (κ2) is 8.87. The third kappa shape index (κ3) is 5.31. The van der Waals surface area contributed by atoms with Crippen LogP contribution >= 0.6 is 11.6 Å². The van der Waals surface area contributed by atoms with Crippen LogP contribution in [0.15, 0.2) is 54.6 Å². The van der Waals surface area contributed by atoms with Gasteiger partial charge in [-0.05, 0) is 30.0 Å². The number of carbonyl (C=O) groups excluding carboxylic acids is 1. The first-order chi connectivity index (χ1) is 13.0. The van der Waals surface area contributed by atoms with E-state index in [-0.39, 0.29) is 24.1 Å². The molecular formula is C20H23ClN2O3S. The zero-order valence-electron chi connectivity index (χ0n) is 15.0. The van der Waals surface area contributed by atoms with Crippen LogP contribution in [0, 0.1) is 5.92 Å². The summed E-state index contributed by atoms with van der Waals surface area (Å²) in [7, 11) is -3.52. The minimum absolute atomic E-state index is 0.100. The fourth-order valence-corrected chi connectivity index (χ4v) is 5.17. The Hall–Kier alpha value is -1.89. The summed E-state index contributed by atoms with van der Waals surface area (Å²) >= 11 is 6.10. The number of rotatable bonds is 6. The van der Waals surface area contributed by atoms with Crippen molar-refractivity contribution in [2.45, 2.75) is 25.1 Å². The number of sulfonamides is 1. The molecule has 0 spiro atoms. The smallest absolute Gasteiger partial charge is 0.224 e. The SMILES string of the molecule is O=C(NCc1ccccc1)[C@H]1CCCN(S(=O)(=O)Cc2ccccc2Cl)C1. The summed E-state index contributed by atoms with van der Waals surface area (Å²) in [6.45, 7) is 1.10. The molecule has 1 N–H and O–H groups in total. The van der Waals surface area contributed by atoms with E-state index in [2.05, 4.69) is 5.32 Å². The van der Waals surface area contributed by atoms with Gasteiger partial charge < -0.3 is 5.32 Å². The van der Waals surface area contributed by atoms with Gasteiger partial charge in [0.15, 0.2) is 0 Å². The van der Waals surface area contributed by atoms with Crippen LogP contribution in [0.2, 0.25) is 5.02 Å². The first-order valence-corrected chi connectivity index (χ1v) is 11.0. The van der Waals surface area contributed by atoms with Crippen LogP contribution in [0.5, 0.6) is 0 Å². The Morgan fingerprint density at radius 2 is 1.81 bits per heavy atom. The Balaban J connectivity index is 1.61. The van der Waals surface area contributed by atoms with E-state index in [0.717, 1.165) is 5.56 Å². The van der Waals surface area contributed by atoms with Crippen LogP contribution in [-0.4, -0.2) is 31.7 Å². The lowest BCUT2D eigenvalue weighted by Gasteiger charge is -2.31. The molecule has 7 heteroatoms. The van der Waals surface area contributed by atoms with Crippen molar-refractivity contribution in [3.8, 4) is 0 Å². The van der Waals surface area contributed by atoms with Crippen molar-refractivity contribution in [1.82, 2.24) is 9.62 Å². The summed E-state index contributed by atoms with van der Waals surface area (Å²) in [5, 5.41) is 3.36. The van der Waals surface area contributed by atoms with Gasteiger partial charge in [-0.3, -0.25) is 4.79 Å². The lowest BCUT2D eigenvalue weighted by Crippen LogP contribution is -2.45. The number of amides is 1. The first-order valence-electron chi connectivity index (χ1n) is 8.98. The number of piperidine rings is 1. The molecule has 2 aromatic carbocycles.